The van der Waals surface area contributed by atoms with Gasteiger partial charge in [0.15, 0.2) is 5.13 Å². The zero-order chi connectivity index (χ0) is 15.2. The van der Waals surface area contributed by atoms with Gasteiger partial charge in [-0.1, -0.05) is 37.3 Å². The minimum absolute atomic E-state index is 0.220. The summed E-state index contributed by atoms with van der Waals surface area (Å²) in [4.78, 5) is 16.9. The highest BCUT2D eigenvalue weighted by Gasteiger charge is 2.16. The SMILES string of the molecule is CCCNc1nc(N)c(C(=O)Nc2cccc(CC)c2)s1. The van der Waals surface area contributed by atoms with Crippen molar-refractivity contribution in [2.45, 2.75) is 26.7 Å². The number of amides is 1. The number of hydrogen-bond acceptors (Lipinski definition) is 5. The fraction of sp³-hybridized carbons (Fsp3) is 0.333. The number of aryl methyl sites for hydroxylation is 1. The van der Waals surface area contributed by atoms with E-state index in [4.69, 9.17) is 5.73 Å². The molecule has 112 valence electrons. The molecule has 0 saturated heterocycles. The van der Waals surface area contributed by atoms with Gasteiger partial charge in [-0.25, -0.2) is 4.98 Å². The number of nitrogens with two attached hydrogens (primary N) is 1. The Morgan fingerprint density at radius 3 is 2.90 bits per heavy atom. The standard InChI is InChI=1S/C15H20N4OS/c1-3-8-17-15-19-13(16)12(21-15)14(20)18-11-7-5-6-10(4-2)9-11/h5-7,9H,3-4,8,16H2,1-2H3,(H,17,19)(H,18,20). The highest BCUT2D eigenvalue weighted by Crippen LogP contribution is 2.26. The van der Waals surface area contributed by atoms with Crippen molar-refractivity contribution in [2.75, 3.05) is 22.9 Å². The van der Waals surface area contributed by atoms with Gasteiger partial charge in [0.2, 0.25) is 0 Å². The molecule has 2 rings (SSSR count). The van der Waals surface area contributed by atoms with Gasteiger partial charge in [0.05, 0.1) is 0 Å². The molecular formula is C15H20N4OS. The van der Waals surface area contributed by atoms with E-state index < -0.39 is 0 Å². The molecule has 6 heteroatoms. The van der Waals surface area contributed by atoms with Crippen LogP contribution in [0, 0.1) is 0 Å². The number of benzene rings is 1. The van der Waals surface area contributed by atoms with Crippen LogP contribution in [-0.2, 0) is 6.42 Å². The first-order valence-corrected chi connectivity index (χ1v) is 7.86. The zero-order valence-electron chi connectivity index (χ0n) is 12.3. The maximum Gasteiger partial charge on any atom is 0.269 e. The second-order valence-corrected chi connectivity index (χ2v) is 5.67. The molecule has 0 bridgehead atoms. The highest BCUT2D eigenvalue weighted by molar-refractivity contribution is 7.18. The van der Waals surface area contributed by atoms with Gasteiger partial charge in [-0.05, 0) is 30.5 Å². The fourth-order valence-corrected chi connectivity index (χ4v) is 2.66. The minimum atomic E-state index is -0.220. The number of carbonyl (C=O) groups excluding carboxylic acids is 1. The van der Waals surface area contributed by atoms with Crippen molar-refractivity contribution in [3.8, 4) is 0 Å². The van der Waals surface area contributed by atoms with E-state index in [9.17, 15) is 4.79 Å². The predicted molar refractivity (Wildman–Crippen MR) is 89.1 cm³/mol. The summed E-state index contributed by atoms with van der Waals surface area (Å²) < 4.78 is 0. The molecule has 1 aromatic heterocycles. The summed E-state index contributed by atoms with van der Waals surface area (Å²) in [6.07, 6.45) is 1.92. The molecule has 0 saturated carbocycles. The van der Waals surface area contributed by atoms with E-state index in [1.807, 2.05) is 24.3 Å². The number of nitrogens with one attached hydrogen (secondary N) is 2. The van der Waals surface area contributed by atoms with Crippen molar-refractivity contribution in [2.24, 2.45) is 0 Å². The molecule has 0 fully saturated rings. The average molecular weight is 304 g/mol. The summed E-state index contributed by atoms with van der Waals surface area (Å²) in [6, 6.07) is 7.79. The maximum atomic E-state index is 12.3. The van der Waals surface area contributed by atoms with Crippen molar-refractivity contribution in [3.05, 3.63) is 34.7 Å². The lowest BCUT2D eigenvalue weighted by molar-refractivity contribution is 0.103. The third kappa shape index (κ3) is 3.95. The summed E-state index contributed by atoms with van der Waals surface area (Å²) in [5.74, 6) is 0.0468. The van der Waals surface area contributed by atoms with Gasteiger partial charge in [0, 0.05) is 12.2 Å². The smallest absolute Gasteiger partial charge is 0.269 e. The quantitative estimate of drug-likeness (QED) is 0.764. The molecule has 1 heterocycles. The van der Waals surface area contributed by atoms with E-state index >= 15 is 0 Å². The predicted octanol–water partition coefficient (Wildman–Crippen LogP) is 3.36. The average Bonchev–Trinajstić information content (AvgIpc) is 2.86. The van der Waals surface area contributed by atoms with Crippen molar-refractivity contribution >= 4 is 33.9 Å². The molecule has 2 aromatic rings. The topological polar surface area (TPSA) is 80.0 Å². The molecule has 21 heavy (non-hydrogen) atoms. The first-order valence-electron chi connectivity index (χ1n) is 7.04. The minimum Gasteiger partial charge on any atom is -0.382 e. The number of aromatic nitrogens is 1. The molecule has 0 spiro atoms. The molecule has 1 amide bonds. The van der Waals surface area contributed by atoms with Gasteiger partial charge in [-0.15, -0.1) is 0 Å². The monoisotopic (exact) mass is 304 g/mol. The first-order chi connectivity index (χ1) is 10.1. The van der Waals surface area contributed by atoms with Gasteiger partial charge in [-0.3, -0.25) is 4.79 Å². The normalized spacial score (nSPS) is 10.4. The number of anilines is 3. The molecule has 0 aliphatic rings. The van der Waals surface area contributed by atoms with Crippen LogP contribution in [0.1, 0.15) is 35.5 Å². The number of rotatable bonds is 6. The van der Waals surface area contributed by atoms with Crippen molar-refractivity contribution in [1.82, 2.24) is 4.98 Å². The number of nitrogens with zero attached hydrogens (tertiary/aromatic N) is 1. The fourth-order valence-electron chi connectivity index (χ4n) is 1.86. The lowest BCUT2D eigenvalue weighted by atomic mass is 10.1. The van der Waals surface area contributed by atoms with E-state index in [-0.39, 0.29) is 11.7 Å². The summed E-state index contributed by atoms with van der Waals surface area (Å²) in [5, 5.41) is 6.69. The molecule has 5 nitrogen and oxygen atoms in total. The van der Waals surface area contributed by atoms with Gasteiger partial charge in [0.25, 0.3) is 5.91 Å². The molecule has 0 aliphatic heterocycles. The van der Waals surface area contributed by atoms with Crippen LogP contribution in [-0.4, -0.2) is 17.4 Å². The summed E-state index contributed by atoms with van der Waals surface area (Å²) in [6.45, 7) is 4.96. The molecular weight excluding hydrogens is 284 g/mol. The zero-order valence-corrected chi connectivity index (χ0v) is 13.1. The Kier molecular flexibility index (Phi) is 5.16. The number of carbonyl (C=O) groups is 1. The molecule has 4 N–H and O–H groups in total. The van der Waals surface area contributed by atoms with Crippen LogP contribution in [0.2, 0.25) is 0 Å². The summed E-state index contributed by atoms with van der Waals surface area (Å²) >= 11 is 1.28. The number of nitrogen functional groups attached to an aromatic ring is 1. The van der Waals surface area contributed by atoms with Gasteiger partial charge in [0.1, 0.15) is 10.7 Å². The third-order valence-corrected chi connectivity index (χ3v) is 4.01. The largest absolute Gasteiger partial charge is 0.382 e. The molecule has 0 unspecified atom stereocenters. The molecule has 0 atom stereocenters. The van der Waals surface area contributed by atoms with Crippen LogP contribution in [0.5, 0.6) is 0 Å². The third-order valence-electron chi connectivity index (χ3n) is 2.98. The van der Waals surface area contributed by atoms with Gasteiger partial charge in [-0.2, -0.15) is 0 Å². The summed E-state index contributed by atoms with van der Waals surface area (Å²) in [5.41, 5.74) is 7.77. The number of thiazole rings is 1. The molecule has 0 radical (unpaired) electrons. The lowest BCUT2D eigenvalue weighted by Crippen LogP contribution is -2.12. The van der Waals surface area contributed by atoms with E-state index in [2.05, 4.69) is 29.5 Å². The van der Waals surface area contributed by atoms with Crippen molar-refractivity contribution in [3.63, 3.8) is 0 Å². The Bertz CT molecular complexity index is 624. The van der Waals surface area contributed by atoms with Crippen LogP contribution in [0.3, 0.4) is 0 Å². The van der Waals surface area contributed by atoms with E-state index in [0.717, 1.165) is 25.1 Å². The van der Waals surface area contributed by atoms with Crippen molar-refractivity contribution in [1.29, 1.82) is 0 Å². The summed E-state index contributed by atoms with van der Waals surface area (Å²) in [7, 11) is 0. The Hall–Kier alpha value is -2.08. The van der Waals surface area contributed by atoms with Gasteiger partial charge < -0.3 is 16.4 Å². The van der Waals surface area contributed by atoms with Gasteiger partial charge >= 0.3 is 0 Å². The Morgan fingerprint density at radius 2 is 2.19 bits per heavy atom. The van der Waals surface area contributed by atoms with E-state index in [1.54, 1.807) is 0 Å². The van der Waals surface area contributed by atoms with Crippen LogP contribution < -0.4 is 16.4 Å². The highest BCUT2D eigenvalue weighted by atomic mass is 32.1. The van der Waals surface area contributed by atoms with Crippen LogP contribution in [0.15, 0.2) is 24.3 Å². The maximum absolute atomic E-state index is 12.3. The molecule has 1 aromatic carbocycles. The number of hydrogen-bond donors (Lipinski definition) is 3. The lowest BCUT2D eigenvalue weighted by Gasteiger charge is -2.05. The van der Waals surface area contributed by atoms with Crippen LogP contribution >= 0.6 is 11.3 Å². The van der Waals surface area contributed by atoms with E-state index in [1.165, 1.54) is 16.9 Å². The van der Waals surface area contributed by atoms with Crippen LogP contribution in [0.4, 0.5) is 16.6 Å². The van der Waals surface area contributed by atoms with E-state index in [0.29, 0.717) is 10.0 Å². The molecule has 0 aliphatic carbocycles. The Morgan fingerprint density at radius 1 is 1.38 bits per heavy atom. The van der Waals surface area contributed by atoms with Crippen LogP contribution in [0.25, 0.3) is 0 Å². The van der Waals surface area contributed by atoms with Crippen molar-refractivity contribution < 1.29 is 4.79 Å². The Labute approximate surface area is 128 Å². The first kappa shape index (κ1) is 15.3. The second-order valence-electron chi connectivity index (χ2n) is 4.67. The Balaban J connectivity index is 2.10. The second kappa shape index (κ2) is 7.08.